The van der Waals surface area contributed by atoms with Gasteiger partial charge in [-0.05, 0) is 107 Å². The van der Waals surface area contributed by atoms with E-state index in [1.165, 1.54) is 43.1 Å². The number of nitrogens with zero attached hydrogens (tertiary/aromatic N) is 4. The van der Waals surface area contributed by atoms with Crippen molar-refractivity contribution >= 4 is 133 Å². The Morgan fingerprint density at radius 1 is 0.216 bits per heavy atom. The molecule has 4 aromatic heterocycles. The lowest BCUT2D eigenvalue weighted by molar-refractivity contribution is 0.457. The largest absolute Gasteiger partial charge is 0.458 e. The van der Waals surface area contributed by atoms with E-state index in [9.17, 15) is 0 Å². The summed E-state index contributed by atoms with van der Waals surface area (Å²) in [5.74, 6) is 6.23. The van der Waals surface area contributed by atoms with E-state index in [0.29, 0.717) is 0 Å². The van der Waals surface area contributed by atoms with E-state index < -0.39 is 0 Å². The highest BCUT2D eigenvalue weighted by Gasteiger charge is 2.46. The number of benzene rings is 13. The Kier molecular flexibility index (Phi) is 9.06. The highest BCUT2D eigenvalue weighted by atomic mass is 16.5. The first-order chi connectivity index (χ1) is 43.7. The number of para-hydroxylation sites is 8. The van der Waals surface area contributed by atoms with Crippen LogP contribution in [0.1, 0.15) is 0 Å². The molecule has 4 aliphatic heterocycles. The Morgan fingerprint density at radius 3 is 0.977 bits per heavy atom. The molecule has 0 radical (unpaired) electrons. The Bertz CT molecular complexity index is 5610. The van der Waals surface area contributed by atoms with Crippen molar-refractivity contribution in [3.8, 4) is 68.7 Å². The average Bonchev–Trinajstić information content (AvgIpc) is 2.03. The first-order valence-electron chi connectivity index (χ1n) is 30.1. The first-order valence-corrected chi connectivity index (χ1v) is 30.1. The molecule has 0 atom stereocenters. The molecule has 0 bridgehead atoms. The Balaban J connectivity index is 0.773. The molecule has 0 amide bonds. The monoisotopic (exact) mass is 1120 g/mol. The zero-order valence-electron chi connectivity index (χ0n) is 47.0. The van der Waals surface area contributed by atoms with Crippen molar-refractivity contribution in [3.05, 3.63) is 267 Å². The summed E-state index contributed by atoms with van der Waals surface area (Å²) in [6.07, 6.45) is 0. The van der Waals surface area contributed by atoms with Crippen molar-refractivity contribution in [1.29, 1.82) is 0 Å². The van der Waals surface area contributed by atoms with Crippen molar-refractivity contribution in [2.45, 2.75) is 0 Å². The molecular weight excluding hydrogens is 1080 g/mol. The van der Waals surface area contributed by atoms with Gasteiger partial charge in [-0.1, -0.05) is 158 Å². The maximum Gasteiger partial charge on any atom is 0.260 e. The third-order valence-electron chi connectivity index (χ3n) is 19.3. The fourth-order valence-corrected chi connectivity index (χ4v) is 15.9. The second-order valence-corrected chi connectivity index (χ2v) is 23.8. The molecule has 8 nitrogen and oxygen atoms in total. The normalized spacial score (nSPS) is 13.3. The molecule has 88 heavy (non-hydrogen) atoms. The molecule has 0 aliphatic carbocycles. The first kappa shape index (κ1) is 46.7. The van der Waals surface area contributed by atoms with E-state index in [1.54, 1.807) is 0 Å². The van der Waals surface area contributed by atoms with Gasteiger partial charge in [0.1, 0.15) is 46.0 Å². The van der Waals surface area contributed by atoms with Gasteiger partial charge >= 0.3 is 0 Å². The summed E-state index contributed by atoms with van der Waals surface area (Å²) in [5, 5.41) is 9.44. The lowest BCUT2D eigenvalue weighted by atomic mass is 9.32. The van der Waals surface area contributed by atoms with E-state index in [4.69, 9.17) is 18.9 Å². The molecule has 13 aromatic carbocycles. The molecule has 0 fully saturated rings. The quantitative estimate of drug-likeness (QED) is 0.165. The molecule has 4 aliphatic rings. The van der Waals surface area contributed by atoms with Crippen LogP contribution in [0.4, 0.5) is 0 Å². The fraction of sp³-hybridized carbons (Fsp3) is 0. The minimum Gasteiger partial charge on any atom is -0.458 e. The smallest absolute Gasteiger partial charge is 0.260 e. The van der Waals surface area contributed by atoms with Crippen molar-refractivity contribution in [3.63, 3.8) is 0 Å². The molecule has 10 heteroatoms. The second-order valence-electron chi connectivity index (χ2n) is 23.8. The van der Waals surface area contributed by atoms with Crippen molar-refractivity contribution in [2.24, 2.45) is 0 Å². The minimum absolute atomic E-state index is 0.223. The van der Waals surface area contributed by atoms with Crippen LogP contribution < -0.4 is 51.7 Å². The van der Waals surface area contributed by atoms with E-state index in [2.05, 4.69) is 285 Å². The zero-order chi connectivity index (χ0) is 57.0. The van der Waals surface area contributed by atoms with Crippen LogP contribution in [0.25, 0.3) is 110 Å². The molecule has 406 valence electrons. The van der Waals surface area contributed by atoms with Gasteiger partial charge in [0.2, 0.25) is 0 Å². The van der Waals surface area contributed by atoms with Crippen LogP contribution >= 0.6 is 0 Å². The summed E-state index contributed by atoms with van der Waals surface area (Å²) >= 11 is 0. The predicted octanol–water partition coefficient (Wildman–Crippen LogP) is 15.5. The van der Waals surface area contributed by atoms with Crippen LogP contribution in [0, 0.1) is 0 Å². The molecule has 0 saturated heterocycles. The third-order valence-corrected chi connectivity index (χ3v) is 19.3. The van der Waals surface area contributed by atoms with Crippen LogP contribution in [-0.2, 0) is 0 Å². The standard InChI is InChI=1S/C78H44B2N4O4/c1-3-19-45(20-4-1)81-61-31-15-9-25-53(61)73-63(81)37-35-51-49-23-7-13-29-59(49)83(77(51)73)47-39-69-75-71(41-47)87-67-43-58-68(44-57(67)79(75)55-27-11-17-33-65(55)85-69)88-72-42-48(40-70-76(72)80(58)56-28-12-18-34-66(56)86-70)84-60-30-14-8-24-50(60)52-36-38-64-74(78(52)84)54-26-10-16-32-62(54)82(64)46-21-5-2-6-22-46/h1-44H. The van der Waals surface area contributed by atoms with Gasteiger partial charge in [-0.15, -0.1) is 0 Å². The van der Waals surface area contributed by atoms with Gasteiger partial charge in [0.25, 0.3) is 13.4 Å². The molecule has 0 spiro atoms. The zero-order valence-corrected chi connectivity index (χ0v) is 47.0. The van der Waals surface area contributed by atoms with Crippen LogP contribution in [0.5, 0.6) is 46.0 Å². The van der Waals surface area contributed by atoms with E-state index in [-0.39, 0.29) is 13.4 Å². The van der Waals surface area contributed by atoms with Crippen molar-refractivity contribution < 1.29 is 18.9 Å². The molecule has 0 saturated carbocycles. The molecule has 0 N–H and O–H groups in total. The Labute approximate surface area is 503 Å². The maximum absolute atomic E-state index is 7.46. The van der Waals surface area contributed by atoms with Gasteiger partial charge in [-0.3, -0.25) is 0 Å². The van der Waals surface area contributed by atoms with Gasteiger partial charge in [0.05, 0.1) is 55.5 Å². The summed E-state index contributed by atoms with van der Waals surface area (Å²) in [6, 6.07) is 96.0. The highest BCUT2D eigenvalue weighted by molar-refractivity contribution is 7.00. The summed E-state index contributed by atoms with van der Waals surface area (Å²) in [4.78, 5) is 0. The SMILES string of the molecule is c1ccc(-n2c3ccccc3c3c2ccc2c4ccccc4n(-c4cc5c6c(c4)Oc4cc7c(cc4B6c4ccccc4O5)Oc4cc(-n5c6ccccc6c6ccc8c(c9ccccc9n8-c8ccccc8)c65)cc5c4B7c4ccccc4O5)c23)cc1. The summed E-state index contributed by atoms with van der Waals surface area (Å²) in [6.45, 7) is -0.447. The van der Waals surface area contributed by atoms with Gasteiger partial charge in [0, 0.05) is 89.7 Å². The predicted molar refractivity (Wildman–Crippen MR) is 359 cm³/mol. The maximum atomic E-state index is 7.46. The van der Waals surface area contributed by atoms with Crippen LogP contribution in [0.3, 0.4) is 0 Å². The number of aromatic nitrogens is 4. The summed E-state index contributed by atoms with van der Waals surface area (Å²) < 4.78 is 38.8. The average molecular weight is 1120 g/mol. The van der Waals surface area contributed by atoms with Crippen LogP contribution in [0.15, 0.2) is 267 Å². The van der Waals surface area contributed by atoms with Gasteiger partial charge in [-0.25, -0.2) is 0 Å². The van der Waals surface area contributed by atoms with E-state index in [0.717, 1.165) is 146 Å². The lowest BCUT2D eigenvalue weighted by Crippen LogP contribution is -2.60. The lowest BCUT2D eigenvalue weighted by Gasteiger charge is -2.37. The number of hydrogen-bond donors (Lipinski definition) is 0. The molecule has 8 heterocycles. The Hall–Kier alpha value is -11.6. The minimum atomic E-state index is -0.223. The molecular formula is C78H44B2N4O4. The van der Waals surface area contributed by atoms with Crippen LogP contribution in [-0.4, -0.2) is 31.7 Å². The molecule has 0 unspecified atom stereocenters. The van der Waals surface area contributed by atoms with Gasteiger partial charge in [-0.2, -0.15) is 0 Å². The topological polar surface area (TPSA) is 56.6 Å². The number of fused-ring (bicyclic) bond motifs is 22. The number of hydrogen-bond acceptors (Lipinski definition) is 4. The number of rotatable bonds is 4. The summed E-state index contributed by atoms with van der Waals surface area (Å²) in [7, 11) is 0. The van der Waals surface area contributed by atoms with Crippen molar-refractivity contribution in [2.75, 3.05) is 0 Å². The molecule has 21 rings (SSSR count). The Morgan fingerprint density at radius 2 is 0.557 bits per heavy atom. The third kappa shape index (κ3) is 6.10. The highest BCUT2D eigenvalue weighted by Crippen LogP contribution is 2.48. The van der Waals surface area contributed by atoms with E-state index in [1.807, 2.05) is 0 Å². The van der Waals surface area contributed by atoms with Gasteiger partial charge < -0.3 is 37.2 Å². The van der Waals surface area contributed by atoms with Gasteiger partial charge in [0.15, 0.2) is 0 Å². The van der Waals surface area contributed by atoms with Crippen molar-refractivity contribution in [1.82, 2.24) is 18.3 Å². The number of ether oxygens (including phenoxy) is 4. The fourth-order valence-electron chi connectivity index (χ4n) is 15.9. The second kappa shape index (κ2) is 17.1. The van der Waals surface area contributed by atoms with E-state index >= 15 is 0 Å². The molecule has 17 aromatic rings. The van der Waals surface area contributed by atoms with Crippen LogP contribution in [0.2, 0.25) is 0 Å². The summed E-state index contributed by atoms with van der Waals surface area (Å²) in [5.41, 5.74) is 19.3.